The molecule has 2 atom stereocenters. The van der Waals surface area contributed by atoms with Crippen LogP contribution in [0.25, 0.3) is 0 Å². The molecule has 1 aliphatic rings. The number of nitrogens with one attached hydrogen (secondary N) is 1. The standard InChI is InChI=1S/C14H31N3/c1-6-8-14(2,11-15-3)12-17-9-7-13(10-17)16(4)5/h13,15H,6-12H2,1-5H3. The van der Waals surface area contributed by atoms with Gasteiger partial charge < -0.3 is 15.1 Å². The predicted octanol–water partition coefficient (Wildman–Crippen LogP) is 1.65. The van der Waals surface area contributed by atoms with Crippen molar-refractivity contribution in [3.05, 3.63) is 0 Å². The summed E-state index contributed by atoms with van der Waals surface area (Å²) < 4.78 is 0. The normalized spacial score (nSPS) is 25.4. The van der Waals surface area contributed by atoms with Crippen LogP contribution in [0.2, 0.25) is 0 Å². The van der Waals surface area contributed by atoms with E-state index in [1.54, 1.807) is 0 Å². The highest BCUT2D eigenvalue weighted by atomic mass is 15.2. The van der Waals surface area contributed by atoms with Gasteiger partial charge in [-0.15, -0.1) is 0 Å². The Bertz CT molecular complexity index is 210. The van der Waals surface area contributed by atoms with E-state index in [0.29, 0.717) is 5.41 Å². The Morgan fingerprint density at radius 2 is 2.12 bits per heavy atom. The van der Waals surface area contributed by atoms with Crippen LogP contribution in [-0.4, -0.2) is 63.2 Å². The highest BCUT2D eigenvalue weighted by molar-refractivity contribution is 4.86. The molecular formula is C14H31N3. The second kappa shape index (κ2) is 6.72. The molecule has 0 aromatic carbocycles. The van der Waals surface area contributed by atoms with Gasteiger partial charge in [0.2, 0.25) is 0 Å². The number of nitrogens with zero attached hydrogens (tertiary/aromatic N) is 2. The van der Waals surface area contributed by atoms with Gasteiger partial charge in [-0.1, -0.05) is 20.3 Å². The molecule has 2 unspecified atom stereocenters. The zero-order chi connectivity index (χ0) is 12.9. The summed E-state index contributed by atoms with van der Waals surface area (Å²) in [6.07, 6.45) is 3.93. The maximum atomic E-state index is 3.36. The molecule has 1 fully saturated rings. The fraction of sp³-hybridized carbons (Fsp3) is 1.00. The number of hydrogen-bond donors (Lipinski definition) is 1. The molecule has 102 valence electrons. The van der Waals surface area contributed by atoms with Crippen LogP contribution in [0, 0.1) is 5.41 Å². The van der Waals surface area contributed by atoms with Crippen LogP contribution in [0.5, 0.6) is 0 Å². The second-order valence-electron chi connectivity index (χ2n) is 6.23. The van der Waals surface area contributed by atoms with Crippen molar-refractivity contribution in [3.63, 3.8) is 0 Å². The Balaban J connectivity index is 2.46. The fourth-order valence-electron chi connectivity index (χ4n) is 3.17. The van der Waals surface area contributed by atoms with E-state index in [-0.39, 0.29) is 0 Å². The summed E-state index contributed by atoms with van der Waals surface area (Å²) in [4.78, 5) is 5.02. The summed E-state index contributed by atoms with van der Waals surface area (Å²) in [6, 6.07) is 0.760. The minimum atomic E-state index is 0.435. The zero-order valence-electron chi connectivity index (χ0n) is 12.4. The van der Waals surface area contributed by atoms with Crippen molar-refractivity contribution in [3.8, 4) is 0 Å². The highest BCUT2D eigenvalue weighted by Gasteiger charge is 2.30. The fourth-order valence-corrected chi connectivity index (χ4v) is 3.17. The van der Waals surface area contributed by atoms with Gasteiger partial charge in [0.05, 0.1) is 0 Å². The maximum Gasteiger partial charge on any atom is 0.0229 e. The molecule has 0 amide bonds. The lowest BCUT2D eigenvalue weighted by Gasteiger charge is -2.34. The molecule has 17 heavy (non-hydrogen) atoms. The van der Waals surface area contributed by atoms with Gasteiger partial charge in [0.1, 0.15) is 0 Å². The highest BCUT2D eigenvalue weighted by Crippen LogP contribution is 2.26. The van der Waals surface area contributed by atoms with Gasteiger partial charge in [-0.2, -0.15) is 0 Å². The lowest BCUT2D eigenvalue weighted by molar-refractivity contribution is 0.166. The summed E-state index contributed by atoms with van der Waals surface area (Å²) in [6.45, 7) is 9.61. The smallest absolute Gasteiger partial charge is 0.0229 e. The largest absolute Gasteiger partial charge is 0.319 e. The third kappa shape index (κ3) is 4.57. The van der Waals surface area contributed by atoms with Gasteiger partial charge >= 0.3 is 0 Å². The average Bonchev–Trinajstić information content (AvgIpc) is 2.66. The molecule has 3 nitrogen and oxygen atoms in total. The second-order valence-corrected chi connectivity index (χ2v) is 6.23. The minimum Gasteiger partial charge on any atom is -0.319 e. The van der Waals surface area contributed by atoms with Crippen LogP contribution in [0.3, 0.4) is 0 Å². The van der Waals surface area contributed by atoms with E-state index >= 15 is 0 Å². The van der Waals surface area contributed by atoms with Crippen molar-refractivity contribution in [2.75, 3.05) is 47.3 Å². The topological polar surface area (TPSA) is 18.5 Å². The number of likely N-dealkylation sites (tertiary alicyclic amines) is 1. The molecule has 0 spiro atoms. The monoisotopic (exact) mass is 241 g/mol. The van der Waals surface area contributed by atoms with Crippen molar-refractivity contribution in [1.29, 1.82) is 0 Å². The molecule has 0 aliphatic carbocycles. The van der Waals surface area contributed by atoms with E-state index in [2.05, 4.69) is 50.1 Å². The zero-order valence-corrected chi connectivity index (χ0v) is 12.4. The van der Waals surface area contributed by atoms with Crippen molar-refractivity contribution < 1.29 is 0 Å². The van der Waals surface area contributed by atoms with Crippen molar-refractivity contribution in [1.82, 2.24) is 15.1 Å². The first kappa shape index (κ1) is 14.9. The van der Waals surface area contributed by atoms with E-state index in [1.165, 1.54) is 38.9 Å². The SMILES string of the molecule is CCCC(C)(CNC)CN1CCC(N(C)C)C1. The van der Waals surface area contributed by atoms with Crippen molar-refractivity contribution in [2.24, 2.45) is 5.41 Å². The summed E-state index contributed by atoms with van der Waals surface area (Å²) in [5.41, 5.74) is 0.435. The number of likely N-dealkylation sites (N-methyl/N-ethyl adjacent to an activating group) is 1. The Labute approximate surface area is 108 Å². The van der Waals surface area contributed by atoms with Gasteiger partial charge in [-0.3, -0.25) is 0 Å². The number of rotatable bonds is 7. The molecule has 0 saturated carbocycles. The maximum absolute atomic E-state index is 3.36. The number of hydrogen-bond acceptors (Lipinski definition) is 3. The molecule has 1 N–H and O–H groups in total. The average molecular weight is 241 g/mol. The predicted molar refractivity (Wildman–Crippen MR) is 75.5 cm³/mol. The van der Waals surface area contributed by atoms with Gasteiger partial charge in [-0.05, 0) is 45.9 Å². The molecule has 1 heterocycles. The lowest BCUT2D eigenvalue weighted by Crippen LogP contribution is -2.42. The van der Waals surface area contributed by atoms with Gasteiger partial charge in [-0.25, -0.2) is 0 Å². The van der Waals surface area contributed by atoms with Crippen LogP contribution in [0.1, 0.15) is 33.1 Å². The molecular weight excluding hydrogens is 210 g/mol. The third-order valence-corrected chi connectivity index (χ3v) is 4.04. The summed E-state index contributed by atoms with van der Waals surface area (Å²) in [7, 11) is 6.47. The molecule has 1 aliphatic heterocycles. The summed E-state index contributed by atoms with van der Waals surface area (Å²) in [5.74, 6) is 0. The lowest BCUT2D eigenvalue weighted by atomic mass is 9.85. The summed E-state index contributed by atoms with van der Waals surface area (Å²) >= 11 is 0. The van der Waals surface area contributed by atoms with Gasteiger partial charge in [0.15, 0.2) is 0 Å². The van der Waals surface area contributed by atoms with E-state index in [4.69, 9.17) is 0 Å². The Kier molecular flexibility index (Phi) is 5.90. The van der Waals surface area contributed by atoms with Crippen molar-refractivity contribution in [2.45, 2.75) is 39.2 Å². The van der Waals surface area contributed by atoms with Crippen LogP contribution >= 0.6 is 0 Å². The van der Waals surface area contributed by atoms with E-state index in [1.807, 2.05) is 0 Å². The van der Waals surface area contributed by atoms with E-state index in [0.717, 1.165) is 12.6 Å². The first-order chi connectivity index (χ1) is 8.00. The molecule has 1 saturated heterocycles. The minimum absolute atomic E-state index is 0.435. The molecule has 1 rings (SSSR count). The molecule has 0 aromatic rings. The molecule has 0 aromatic heterocycles. The van der Waals surface area contributed by atoms with Gasteiger partial charge in [0.25, 0.3) is 0 Å². The van der Waals surface area contributed by atoms with Crippen LogP contribution in [0.15, 0.2) is 0 Å². The van der Waals surface area contributed by atoms with Gasteiger partial charge in [0, 0.05) is 25.7 Å². The third-order valence-electron chi connectivity index (χ3n) is 4.04. The Hall–Kier alpha value is -0.120. The van der Waals surface area contributed by atoms with Crippen LogP contribution in [-0.2, 0) is 0 Å². The molecule has 0 bridgehead atoms. The molecule has 3 heteroatoms. The Morgan fingerprint density at radius 1 is 1.41 bits per heavy atom. The first-order valence-electron chi connectivity index (χ1n) is 7.04. The van der Waals surface area contributed by atoms with E-state index in [9.17, 15) is 0 Å². The summed E-state index contributed by atoms with van der Waals surface area (Å²) in [5, 5.41) is 3.36. The van der Waals surface area contributed by atoms with E-state index < -0.39 is 0 Å². The van der Waals surface area contributed by atoms with Crippen molar-refractivity contribution >= 4 is 0 Å². The Morgan fingerprint density at radius 3 is 2.59 bits per heavy atom. The molecule has 0 radical (unpaired) electrons. The first-order valence-corrected chi connectivity index (χ1v) is 7.04. The quantitative estimate of drug-likeness (QED) is 0.731. The van der Waals surface area contributed by atoms with Crippen LogP contribution in [0.4, 0.5) is 0 Å². The van der Waals surface area contributed by atoms with Crippen LogP contribution < -0.4 is 5.32 Å².